The molecule has 132 valence electrons. The fourth-order valence-corrected chi connectivity index (χ4v) is 2.54. The molecular weight excluding hydrogens is 354 g/mol. The molecule has 0 unspecified atom stereocenters. The second-order valence-electron chi connectivity index (χ2n) is 6.00. The van der Waals surface area contributed by atoms with Crippen molar-refractivity contribution in [2.75, 3.05) is 13.6 Å². The average molecular weight is 375 g/mol. The SMILES string of the molecule is CC(C)C[C@H](NC(=O)CN(C)C(=O)c1cc(Cl)ccc1Cl)B(O)O. The van der Waals surface area contributed by atoms with Gasteiger partial charge < -0.3 is 20.3 Å². The number of amides is 2. The number of nitrogens with zero attached hydrogens (tertiary/aromatic N) is 1. The Morgan fingerprint density at radius 3 is 2.46 bits per heavy atom. The summed E-state index contributed by atoms with van der Waals surface area (Å²) in [6.07, 6.45) is 0.404. The van der Waals surface area contributed by atoms with E-state index in [4.69, 9.17) is 23.2 Å². The number of hydrogen-bond donors (Lipinski definition) is 3. The van der Waals surface area contributed by atoms with E-state index in [0.717, 1.165) is 0 Å². The summed E-state index contributed by atoms with van der Waals surface area (Å²) in [5.74, 6) is -1.58. The molecule has 1 aromatic carbocycles. The molecule has 6 nitrogen and oxygen atoms in total. The van der Waals surface area contributed by atoms with E-state index in [-0.39, 0.29) is 23.0 Å². The zero-order valence-electron chi connectivity index (χ0n) is 13.8. The number of nitrogens with one attached hydrogen (secondary N) is 1. The highest BCUT2D eigenvalue weighted by atomic mass is 35.5. The van der Waals surface area contributed by atoms with Crippen molar-refractivity contribution in [2.45, 2.75) is 26.2 Å². The van der Waals surface area contributed by atoms with E-state index >= 15 is 0 Å². The van der Waals surface area contributed by atoms with Crippen LogP contribution in [-0.2, 0) is 4.79 Å². The molecule has 3 N–H and O–H groups in total. The van der Waals surface area contributed by atoms with E-state index in [1.165, 1.54) is 24.1 Å². The number of carbonyl (C=O) groups excluding carboxylic acids is 2. The van der Waals surface area contributed by atoms with Crippen molar-refractivity contribution < 1.29 is 19.6 Å². The number of likely N-dealkylation sites (N-methyl/N-ethyl adjacent to an activating group) is 1. The lowest BCUT2D eigenvalue weighted by atomic mass is 9.75. The highest BCUT2D eigenvalue weighted by Gasteiger charge is 2.27. The Bertz CT molecular complexity index is 599. The Morgan fingerprint density at radius 1 is 1.29 bits per heavy atom. The first kappa shape index (κ1) is 20.8. The lowest BCUT2D eigenvalue weighted by molar-refractivity contribution is -0.122. The number of halogens is 2. The van der Waals surface area contributed by atoms with Gasteiger partial charge in [0.25, 0.3) is 5.91 Å². The minimum Gasteiger partial charge on any atom is -0.426 e. The Balaban J connectivity index is 2.72. The maximum Gasteiger partial charge on any atom is 0.475 e. The number of carbonyl (C=O) groups is 2. The lowest BCUT2D eigenvalue weighted by Gasteiger charge is -2.22. The quantitative estimate of drug-likeness (QED) is 0.632. The van der Waals surface area contributed by atoms with Crippen LogP contribution in [0, 0.1) is 5.92 Å². The van der Waals surface area contributed by atoms with Crippen molar-refractivity contribution in [3.05, 3.63) is 33.8 Å². The molecular formula is C15H21BCl2N2O4. The molecule has 0 aromatic heterocycles. The molecule has 1 rings (SSSR count). The van der Waals surface area contributed by atoms with Crippen molar-refractivity contribution in [1.82, 2.24) is 10.2 Å². The van der Waals surface area contributed by atoms with Gasteiger partial charge in [-0.05, 0) is 30.5 Å². The molecule has 24 heavy (non-hydrogen) atoms. The van der Waals surface area contributed by atoms with E-state index in [0.29, 0.717) is 11.4 Å². The highest BCUT2D eigenvalue weighted by molar-refractivity contribution is 6.43. The molecule has 0 aliphatic rings. The van der Waals surface area contributed by atoms with Crippen LogP contribution in [0.1, 0.15) is 30.6 Å². The van der Waals surface area contributed by atoms with E-state index in [2.05, 4.69) is 5.32 Å². The van der Waals surface area contributed by atoms with E-state index in [9.17, 15) is 19.6 Å². The van der Waals surface area contributed by atoms with E-state index in [1.54, 1.807) is 6.07 Å². The molecule has 2 amide bonds. The van der Waals surface area contributed by atoms with Crippen LogP contribution in [0.2, 0.25) is 10.0 Å². The van der Waals surface area contributed by atoms with Crippen LogP contribution in [-0.4, -0.2) is 53.4 Å². The molecule has 0 saturated heterocycles. The standard InChI is InChI=1S/C15H21BCl2N2O4/c1-9(2)6-13(16(23)24)19-14(21)8-20(3)15(22)11-7-10(17)4-5-12(11)18/h4-5,7,9,13,23-24H,6,8H2,1-3H3,(H,19,21)/t13-/m0/s1. The summed E-state index contributed by atoms with van der Waals surface area (Å²) < 4.78 is 0. The molecule has 0 bridgehead atoms. The van der Waals surface area contributed by atoms with Crippen LogP contribution in [0.5, 0.6) is 0 Å². The van der Waals surface area contributed by atoms with Gasteiger partial charge in [-0.3, -0.25) is 9.59 Å². The largest absolute Gasteiger partial charge is 0.475 e. The third-order valence-electron chi connectivity index (χ3n) is 3.32. The molecule has 1 atom stereocenters. The molecule has 0 heterocycles. The lowest BCUT2D eigenvalue weighted by Crippen LogP contribution is -2.50. The van der Waals surface area contributed by atoms with Crippen molar-refractivity contribution in [2.24, 2.45) is 5.92 Å². The van der Waals surface area contributed by atoms with Gasteiger partial charge in [0, 0.05) is 12.1 Å². The van der Waals surface area contributed by atoms with Crippen LogP contribution in [0.4, 0.5) is 0 Å². The van der Waals surface area contributed by atoms with Gasteiger partial charge in [0.05, 0.1) is 23.1 Å². The monoisotopic (exact) mass is 374 g/mol. The molecule has 0 saturated carbocycles. The number of rotatable bonds is 7. The molecule has 0 spiro atoms. The first-order valence-corrected chi connectivity index (χ1v) is 8.23. The Morgan fingerprint density at radius 2 is 1.92 bits per heavy atom. The van der Waals surface area contributed by atoms with Gasteiger partial charge >= 0.3 is 7.12 Å². The van der Waals surface area contributed by atoms with Crippen molar-refractivity contribution >= 4 is 42.1 Å². The van der Waals surface area contributed by atoms with Crippen LogP contribution in [0.3, 0.4) is 0 Å². The highest BCUT2D eigenvalue weighted by Crippen LogP contribution is 2.21. The third-order valence-corrected chi connectivity index (χ3v) is 3.88. The Kier molecular flexibility index (Phi) is 8.02. The second kappa shape index (κ2) is 9.27. The van der Waals surface area contributed by atoms with Crippen LogP contribution in [0.25, 0.3) is 0 Å². The van der Waals surface area contributed by atoms with Crippen molar-refractivity contribution in [3.63, 3.8) is 0 Å². The average Bonchev–Trinajstić information content (AvgIpc) is 2.47. The van der Waals surface area contributed by atoms with Gasteiger partial charge in [-0.2, -0.15) is 0 Å². The summed E-state index contributed by atoms with van der Waals surface area (Å²) in [5.41, 5.74) is 0.195. The molecule has 0 aliphatic carbocycles. The Labute approximate surface area is 151 Å². The fourth-order valence-electron chi connectivity index (χ4n) is 2.17. The maximum absolute atomic E-state index is 12.4. The summed E-state index contributed by atoms with van der Waals surface area (Å²) >= 11 is 11.8. The fraction of sp³-hybridized carbons (Fsp3) is 0.467. The third kappa shape index (κ3) is 6.32. The van der Waals surface area contributed by atoms with Gasteiger partial charge in [-0.15, -0.1) is 0 Å². The molecule has 0 fully saturated rings. The number of benzene rings is 1. The van der Waals surface area contributed by atoms with Crippen LogP contribution >= 0.6 is 23.2 Å². The second-order valence-corrected chi connectivity index (χ2v) is 6.85. The summed E-state index contributed by atoms with van der Waals surface area (Å²) in [6.45, 7) is 3.56. The van der Waals surface area contributed by atoms with E-state index in [1.807, 2.05) is 13.8 Å². The summed E-state index contributed by atoms with van der Waals surface area (Å²) in [6, 6.07) is 4.50. The first-order chi connectivity index (χ1) is 11.1. The summed E-state index contributed by atoms with van der Waals surface area (Å²) in [4.78, 5) is 25.6. The molecule has 9 heteroatoms. The predicted octanol–water partition coefficient (Wildman–Crippen LogP) is 1.61. The minimum atomic E-state index is -1.67. The van der Waals surface area contributed by atoms with Crippen molar-refractivity contribution in [3.8, 4) is 0 Å². The van der Waals surface area contributed by atoms with Gasteiger partial charge in [0.1, 0.15) is 0 Å². The van der Waals surface area contributed by atoms with E-state index < -0.39 is 24.9 Å². The van der Waals surface area contributed by atoms with Gasteiger partial charge in [-0.1, -0.05) is 37.0 Å². The maximum atomic E-state index is 12.4. The smallest absolute Gasteiger partial charge is 0.426 e. The van der Waals surface area contributed by atoms with Gasteiger partial charge in [0.15, 0.2) is 0 Å². The topological polar surface area (TPSA) is 89.9 Å². The Hall–Kier alpha value is -1.28. The molecule has 1 aromatic rings. The van der Waals surface area contributed by atoms with Crippen LogP contribution < -0.4 is 5.32 Å². The zero-order chi connectivity index (χ0) is 18.4. The molecule has 0 aliphatic heterocycles. The van der Waals surface area contributed by atoms with Gasteiger partial charge in [0.2, 0.25) is 5.91 Å². The predicted molar refractivity (Wildman–Crippen MR) is 95.0 cm³/mol. The summed E-state index contributed by atoms with van der Waals surface area (Å²) in [7, 11) is -0.217. The minimum absolute atomic E-state index is 0.168. The molecule has 0 radical (unpaired) electrons. The van der Waals surface area contributed by atoms with Crippen LogP contribution in [0.15, 0.2) is 18.2 Å². The summed E-state index contributed by atoms with van der Waals surface area (Å²) in [5, 5.41) is 21.8. The van der Waals surface area contributed by atoms with Crippen molar-refractivity contribution in [1.29, 1.82) is 0 Å². The zero-order valence-corrected chi connectivity index (χ0v) is 15.3. The number of hydrogen-bond acceptors (Lipinski definition) is 4. The van der Waals surface area contributed by atoms with Gasteiger partial charge in [-0.25, -0.2) is 0 Å². The first-order valence-electron chi connectivity index (χ1n) is 7.47. The normalized spacial score (nSPS) is 12.0.